The molecule has 8 aromatic rings. The van der Waals surface area contributed by atoms with E-state index in [2.05, 4.69) is 10.8 Å². The molecule has 1 atom stereocenters. The first kappa shape index (κ1) is 44.2. The van der Waals surface area contributed by atoms with Gasteiger partial charge in [0.25, 0.3) is 0 Å². The fourth-order valence-corrected chi connectivity index (χ4v) is 8.05. The maximum atomic E-state index is 15.8. The molecule has 0 bridgehead atoms. The van der Waals surface area contributed by atoms with Crippen molar-refractivity contribution in [3.05, 3.63) is 167 Å². The van der Waals surface area contributed by atoms with Crippen molar-refractivity contribution in [1.82, 2.24) is 19.6 Å². The summed E-state index contributed by atoms with van der Waals surface area (Å²) < 4.78 is 53.1. The Hall–Kier alpha value is -7.42. The lowest BCUT2D eigenvalue weighted by Crippen LogP contribution is -2.47. The number of fused-ring (bicyclic) bond motifs is 2. The average Bonchev–Trinajstić information content (AvgIpc) is 3.89. The fraction of sp³-hybridized carbons (Fsp3) is 0.216. The number of carbonyl (C=O) groups excluding carboxylic acids is 1. The number of aromatic nitrogens is 4. The summed E-state index contributed by atoms with van der Waals surface area (Å²) in [7, 11) is 1.82. The molecule has 14 heteroatoms. The van der Waals surface area contributed by atoms with Crippen LogP contribution >= 0.6 is 0 Å². The van der Waals surface area contributed by atoms with Gasteiger partial charge in [0.1, 0.15) is 49.0 Å². The SMILES string of the molecule is CC(CCn1cc2c(-c3cccc(CN)c3F)cc(COc3ccccc3CC(=O)O)cc2n1)OC(=O)Cc1ccccc1OCc1cc(-c2cccc(C[NH3+])c2F)c2cn(C)nc2c1. The molecule has 0 aliphatic rings. The minimum Gasteiger partial charge on any atom is -0.489 e. The molecule has 0 spiro atoms. The lowest BCUT2D eigenvalue weighted by molar-refractivity contribution is -0.386. The Labute approximate surface area is 374 Å². The Morgan fingerprint density at radius 3 is 1.85 bits per heavy atom. The van der Waals surface area contributed by atoms with Crippen LogP contribution in [0.3, 0.4) is 0 Å². The number of aryl methyl sites for hydroxylation is 2. The molecule has 6 aromatic carbocycles. The van der Waals surface area contributed by atoms with Gasteiger partial charge in [0.2, 0.25) is 0 Å². The maximum Gasteiger partial charge on any atom is 0.310 e. The number of quaternary nitrogens is 1. The van der Waals surface area contributed by atoms with Crippen LogP contribution < -0.4 is 20.9 Å². The van der Waals surface area contributed by atoms with Crippen molar-refractivity contribution in [1.29, 1.82) is 0 Å². The number of nitrogens with zero attached hydrogens (tertiary/aromatic N) is 4. The predicted octanol–water partition coefficient (Wildman–Crippen LogP) is 8.09. The van der Waals surface area contributed by atoms with Gasteiger partial charge in [0, 0.05) is 83.1 Å². The summed E-state index contributed by atoms with van der Waals surface area (Å²) in [5.41, 5.74) is 16.8. The predicted molar refractivity (Wildman–Crippen MR) is 242 cm³/mol. The summed E-state index contributed by atoms with van der Waals surface area (Å²) >= 11 is 0. The van der Waals surface area contributed by atoms with Crippen molar-refractivity contribution in [2.45, 2.75) is 65.1 Å². The summed E-state index contributed by atoms with van der Waals surface area (Å²) in [4.78, 5) is 24.8. The highest BCUT2D eigenvalue weighted by Crippen LogP contribution is 2.35. The smallest absolute Gasteiger partial charge is 0.310 e. The second kappa shape index (κ2) is 19.5. The summed E-state index contributed by atoms with van der Waals surface area (Å²) in [6.07, 6.45) is 3.47. The van der Waals surface area contributed by atoms with Gasteiger partial charge >= 0.3 is 11.9 Å². The van der Waals surface area contributed by atoms with E-state index in [1.54, 1.807) is 70.0 Å². The van der Waals surface area contributed by atoms with Crippen molar-refractivity contribution >= 4 is 33.7 Å². The Kier molecular flexibility index (Phi) is 13.3. The molecule has 8 rings (SSSR count). The van der Waals surface area contributed by atoms with Gasteiger partial charge in [-0.2, -0.15) is 10.2 Å². The number of carboxylic acid groups (broad SMARTS) is 1. The number of carboxylic acids is 1. The molecule has 65 heavy (non-hydrogen) atoms. The lowest BCUT2D eigenvalue weighted by Gasteiger charge is -2.15. The fourth-order valence-electron chi connectivity index (χ4n) is 8.05. The van der Waals surface area contributed by atoms with Crippen LogP contribution in [0.4, 0.5) is 8.78 Å². The first-order valence-electron chi connectivity index (χ1n) is 21.3. The number of aliphatic carboxylic acids is 1. The van der Waals surface area contributed by atoms with E-state index in [0.29, 0.717) is 97.5 Å². The number of ether oxygens (including phenoxy) is 3. The third kappa shape index (κ3) is 10.0. The van der Waals surface area contributed by atoms with E-state index in [1.165, 1.54) is 0 Å². The van der Waals surface area contributed by atoms with E-state index < -0.39 is 23.9 Å². The minimum absolute atomic E-state index is 0.0256. The molecule has 2 aromatic heterocycles. The Bertz CT molecular complexity index is 3040. The van der Waals surface area contributed by atoms with Crippen LogP contribution in [0.5, 0.6) is 11.5 Å². The van der Waals surface area contributed by atoms with Crippen molar-refractivity contribution in [2.24, 2.45) is 12.8 Å². The van der Waals surface area contributed by atoms with Gasteiger partial charge < -0.3 is 30.8 Å². The quantitative estimate of drug-likeness (QED) is 0.0721. The number of carbonyl (C=O) groups is 2. The molecule has 0 aliphatic carbocycles. The second-order valence-electron chi connectivity index (χ2n) is 16.0. The molecule has 0 fully saturated rings. The molecule has 2 heterocycles. The monoisotopic (exact) mass is 879 g/mol. The van der Waals surface area contributed by atoms with Crippen molar-refractivity contribution in [3.63, 3.8) is 0 Å². The van der Waals surface area contributed by atoms with Crippen molar-refractivity contribution in [2.75, 3.05) is 0 Å². The van der Waals surface area contributed by atoms with Gasteiger partial charge in [-0.3, -0.25) is 19.0 Å². The van der Waals surface area contributed by atoms with E-state index in [4.69, 9.17) is 25.0 Å². The molecular weight excluding hydrogens is 831 g/mol. The van der Waals surface area contributed by atoms with Crippen LogP contribution in [0.1, 0.15) is 46.7 Å². The zero-order valence-corrected chi connectivity index (χ0v) is 36.1. The lowest BCUT2D eigenvalue weighted by atomic mass is 9.97. The van der Waals surface area contributed by atoms with Crippen molar-refractivity contribution < 1.29 is 43.4 Å². The van der Waals surface area contributed by atoms with Crippen LogP contribution in [0.15, 0.2) is 122 Å². The van der Waals surface area contributed by atoms with Crippen LogP contribution in [0.25, 0.3) is 44.1 Å². The highest BCUT2D eigenvalue weighted by molar-refractivity contribution is 5.96. The highest BCUT2D eigenvalue weighted by Gasteiger charge is 2.20. The zero-order chi connectivity index (χ0) is 45.6. The molecule has 332 valence electrons. The second-order valence-corrected chi connectivity index (χ2v) is 16.0. The molecule has 12 nitrogen and oxygen atoms in total. The molecule has 1 unspecified atom stereocenters. The number of hydrogen-bond acceptors (Lipinski definition) is 8. The first-order chi connectivity index (χ1) is 31.5. The third-order valence-corrected chi connectivity index (χ3v) is 11.3. The molecule has 0 amide bonds. The number of benzene rings is 6. The average molecular weight is 880 g/mol. The van der Waals surface area contributed by atoms with Gasteiger partial charge in [0.15, 0.2) is 0 Å². The standard InChI is InChI=1S/C51H48F2N6O6/c1-31(65-49(62)24-35-10-4-6-16-47(35)64-29-32-19-40(42-27-58(2)56-44(42)21-32)38-13-7-11-36(25-54)50(38)52)17-18-59-28-43-41(39-14-8-12-37(26-55)51(39)53)20-33(22-45(43)57-59)30-63-46-15-5-3-9-34(46)23-48(60)61/h3-16,19-22,27-28,31H,17-18,23-26,29-30,54-55H2,1-2H3,(H,60,61)/p+1. The summed E-state index contributed by atoms with van der Waals surface area (Å²) in [6.45, 7) is 2.81. The van der Waals surface area contributed by atoms with E-state index in [9.17, 15) is 14.7 Å². The number of esters is 1. The molecule has 6 N–H and O–H groups in total. The largest absolute Gasteiger partial charge is 0.489 e. The van der Waals surface area contributed by atoms with Crippen LogP contribution in [0.2, 0.25) is 0 Å². The summed E-state index contributed by atoms with van der Waals surface area (Å²) in [6, 6.07) is 32.2. The Balaban J connectivity index is 0.947. The molecular formula is C51H49F2N6O6+. The van der Waals surface area contributed by atoms with Crippen molar-refractivity contribution in [3.8, 4) is 33.8 Å². The van der Waals surface area contributed by atoms with Crippen LogP contribution in [-0.4, -0.2) is 42.7 Å². The van der Waals surface area contributed by atoms with Gasteiger partial charge in [-0.05, 0) is 65.6 Å². The maximum absolute atomic E-state index is 15.8. The summed E-state index contributed by atoms with van der Waals surface area (Å²) in [5, 5.41) is 20.3. The van der Waals surface area contributed by atoms with Crippen LogP contribution in [-0.2, 0) is 67.1 Å². The van der Waals surface area contributed by atoms with Gasteiger partial charge in [0.05, 0.1) is 23.9 Å². The number of rotatable bonds is 18. The minimum atomic E-state index is -0.972. The van der Waals surface area contributed by atoms with Gasteiger partial charge in [-0.15, -0.1) is 0 Å². The molecule has 0 radical (unpaired) electrons. The normalized spacial score (nSPS) is 11.8. The zero-order valence-electron chi connectivity index (χ0n) is 36.1. The number of halogens is 2. The number of para-hydroxylation sites is 2. The topological polar surface area (TPSA) is 171 Å². The van der Waals surface area contributed by atoms with E-state index in [1.807, 2.05) is 74.9 Å². The highest BCUT2D eigenvalue weighted by atomic mass is 19.1. The van der Waals surface area contributed by atoms with E-state index in [-0.39, 0.29) is 38.4 Å². The van der Waals surface area contributed by atoms with Crippen LogP contribution in [0, 0.1) is 11.6 Å². The molecule has 0 saturated heterocycles. The Morgan fingerprint density at radius 1 is 0.708 bits per heavy atom. The van der Waals surface area contributed by atoms with E-state index in [0.717, 1.165) is 10.9 Å². The van der Waals surface area contributed by atoms with E-state index >= 15 is 8.78 Å². The molecule has 0 aliphatic heterocycles. The number of nitrogens with two attached hydrogens (primary N) is 1. The Morgan fingerprint density at radius 2 is 1.25 bits per heavy atom. The summed E-state index contributed by atoms with van der Waals surface area (Å²) in [5.74, 6) is -1.18. The van der Waals surface area contributed by atoms with Gasteiger partial charge in [-0.1, -0.05) is 72.8 Å². The van der Waals surface area contributed by atoms with Gasteiger partial charge in [-0.25, -0.2) is 8.78 Å². The number of hydrogen-bond donors (Lipinski definition) is 3. The molecule has 0 saturated carbocycles. The first-order valence-corrected chi connectivity index (χ1v) is 21.3. The third-order valence-electron chi connectivity index (χ3n) is 11.3.